The lowest BCUT2D eigenvalue weighted by atomic mass is 10.2. The second kappa shape index (κ2) is 5.50. The number of hydrogen-bond donors (Lipinski definition) is 2. The van der Waals surface area contributed by atoms with Crippen molar-refractivity contribution in [3.8, 4) is 0 Å². The Morgan fingerprint density at radius 2 is 1.86 bits per heavy atom. The van der Waals surface area contributed by atoms with Crippen LogP contribution in [0.5, 0.6) is 0 Å². The predicted molar refractivity (Wildman–Crippen MR) is 78.0 cm³/mol. The number of rotatable bonds is 4. The average Bonchev–Trinajstić information content (AvgIpc) is 2.61. The van der Waals surface area contributed by atoms with Crippen molar-refractivity contribution in [3.05, 3.63) is 46.7 Å². The van der Waals surface area contributed by atoms with Gasteiger partial charge >= 0.3 is 0 Å². The van der Waals surface area contributed by atoms with Crippen LogP contribution in [0.4, 0.5) is 10.1 Å². The molecule has 0 saturated heterocycles. The molecular weight excluding hydrogens is 295 g/mol. The summed E-state index contributed by atoms with van der Waals surface area (Å²) in [6, 6.07) is 3.98. The fraction of sp³-hybridized carbons (Fsp3) is 0.286. The van der Waals surface area contributed by atoms with E-state index in [1.807, 2.05) is 0 Å². The van der Waals surface area contributed by atoms with E-state index < -0.39 is 15.8 Å². The molecule has 0 saturated carbocycles. The minimum Gasteiger partial charge on any atom is -0.465 e. The van der Waals surface area contributed by atoms with Gasteiger partial charge in [-0.1, -0.05) is 0 Å². The lowest BCUT2D eigenvalue weighted by Crippen LogP contribution is -2.16. The highest BCUT2D eigenvalue weighted by atomic mass is 32.2. The molecule has 0 aliphatic heterocycles. The second-order valence-electron chi connectivity index (χ2n) is 4.85. The fourth-order valence-electron chi connectivity index (χ4n) is 2.30. The molecule has 2 rings (SSSR count). The predicted octanol–water partition coefficient (Wildman–Crippen LogP) is 2.60. The van der Waals surface area contributed by atoms with E-state index in [1.54, 1.807) is 26.8 Å². The average molecular weight is 312 g/mol. The number of furan rings is 1. The van der Waals surface area contributed by atoms with Crippen molar-refractivity contribution in [1.29, 1.82) is 0 Å². The summed E-state index contributed by atoms with van der Waals surface area (Å²) in [5.41, 5.74) is 6.79. The molecule has 1 heterocycles. The minimum atomic E-state index is -3.89. The molecule has 114 valence electrons. The molecule has 0 atom stereocenters. The van der Waals surface area contributed by atoms with Crippen LogP contribution in [0.1, 0.15) is 22.6 Å². The molecule has 5 nitrogen and oxygen atoms in total. The standard InChI is InChI=1S/C14H17FN2O3S/c1-8-4-11(15)6-12(5-8)17-21(18,19)14-10(3)20-9(2)13(14)7-16/h4-6,17H,7,16H2,1-3H3. The fourth-order valence-corrected chi connectivity index (χ4v) is 3.80. The van der Waals surface area contributed by atoms with Gasteiger partial charge in [0.2, 0.25) is 0 Å². The zero-order valence-electron chi connectivity index (χ0n) is 12.0. The lowest BCUT2D eigenvalue weighted by Gasteiger charge is -2.10. The molecule has 0 spiro atoms. The number of sulfonamides is 1. The van der Waals surface area contributed by atoms with Gasteiger partial charge < -0.3 is 10.2 Å². The highest BCUT2D eigenvalue weighted by Crippen LogP contribution is 2.28. The van der Waals surface area contributed by atoms with E-state index in [-0.39, 0.29) is 22.9 Å². The van der Waals surface area contributed by atoms with Crippen molar-refractivity contribution >= 4 is 15.7 Å². The van der Waals surface area contributed by atoms with Crippen molar-refractivity contribution in [3.63, 3.8) is 0 Å². The SMILES string of the molecule is Cc1cc(F)cc(NS(=O)(=O)c2c(C)oc(C)c2CN)c1. The van der Waals surface area contributed by atoms with Crippen LogP contribution in [-0.4, -0.2) is 8.42 Å². The van der Waals surface area contributed by atoms with Gasteiger partial charge in [0.1, 0.15) is 22.2 Å². The Morgan fingerprint density at radius 3 is 2.43 bits per heavy atom. The van der Waals surface area contributed by atoms with E-state index in [4.69, 9.17) is 10.2 Å². The monoisotopic (exact) mass is 312 g/mol. The van der Waals surface area contributed by atoms with Crippen LogP contribution in [0.25, 0.3) is 0 Å². The first-order valence-corrected chi connectivity index (χ1v) is 7.82. The summed E-state index contributed by atoms with van der Waals surface area (Å²) in [7, 11) is -3.89. The molecular formula is C14H17FN2O3S. The van der Waals surface area contributed by atoms with Crippen LogP contribution >= 0.6 is 0 Å². The second-order valence-corrected chi connectivity index (χ2v) is 6.47. The van der Waals surface area contributed by atoms with Gasteiger partial charge in [-0.2, -0.15) is 0 Å². The molecule has 0 aliphatic carbocycles. The third-order valence-electron chi connectivity index (χ3n) is 3.09. The maximum atomic E-state index is 13.4. The largest absolute Gasteiger partial charge is 0.465 e. The number of aryl methyl sites for hydroxylation is 3. The van der Waals surface area contributed by atoms with Crippen LogP contribution in [-0.2, 0) is 16.6 Å². The van der Waals surface area contributed by atoms with E-state index >= 15 is 0 Å². The van der Waals surface area contributed by atoms with Crippen molar-refractivity contribution in [2.45, 2.75) is 32.2 Å². The number of nitrogens with two attached hydrogens (primary N) is 1. The molecule has 2 aromatic rings. The van der Waals surface area contributed by atoms with Crippen LogP contribution in [0.2, 0.25) is 0 Å². The molecule has 1 aromatic carbocycles. The quantitative estimate of drug-likeness (QED) is 0.908. The minimum absolute atomic E-state index is 0.0180. The first kappa shape index (κ1) is 15.5. The van der Waals surface area contributed by atoms with Crippen molar-refractivity contribution < 1.29 is 17.2 Å². The number of benzene rings is 1. The summed E-state index contributed by atoms with van der Waals surface area (Å²) in [5, 5.41) is 0. The topological polar surface area (TPSA) is 85.3 Å². The number of hydrogen-bond acceptors (Lipinski definition) is 4. The molecule has 0 radical (unpaired) electrons. The smallest absolute Gasteiger partial charge is 0.265 e. The number of halogens is 1. The summed E-state index contributed by atoms with van der Waals surface area (Å²) >= 11 is 0. The van der Waals surface area contributed by atoms with Gasteiger partial charge in [-0.15, -0.1) is 0 Å². The highest BCUT2D eigenvalue weighted by molar-refractivity contribution is 7.92. The molecule has 0 bridgehead atoms. The maximum Gasteiger partial charge on any atom is 0.265 e. The van der Waals surface area contributed by atoms with Gasteiger partial charge in [0, 0.05) is 12.1 Å². The highest BCUT2D eigenvalue weighted by Gasteiger charge is 2.26. The van der Waals surface area contributed by atoms with E-state index in [1.165, 1.54) is 6.07 Å². The van der Waals surface area contributed by atoms with Gasteiger partial charge in [0.15, 0.2) is 0 Å². The molecule has 0 aliphatic rings. The maximum absolute atomic E-state index is 13.4. The molecule has 7 heteroatoms. The molecule has 21 heavy (non-hydrogen) atoms. The Kier molecular flexibility index (Phi) is 4.06. The summed E-state index contributed by atoms with van der Waals surface area (Å²) in [6.45, 7) is 4.93. The first-order chi connectivity index (χ1) is 9.74. The van der Waals surface area contributed by atoms with Crippen LogP contribution in [0.15, 0.2) is 27.5 Å². The van der Waals surface area contributed by atoms with E-state index in [0.29, 0.717) is 16.9 Å². The number of nitrogens with one attached hydrogen (secondary N) is 1. The third kappa shape index (κ3) is 3.08. The molecule has 0 fully saturated rings. The van der Waals surface area contributed by atoms with Crippen LogP contribution in [0, 0.1) is 26.6 Å². The van der Waals surface area contributed by atoms with Gasteiger partial charge in [-0.25, -0.2) is 12.8 Å². The summed E-state index contributed by atoms with van der Waals surface area (Å²) in [5.74, 6) is 0.214. The Balaban J connectivity index is 2.48. The molecule has 1 aromatic heterocycles. The molecule has 0 amide bonds. The first-order valence-electron chi connectivity index (χ1n) is 6.33. The van der Waals surface area contributed by atoms with E-state index in [9.17, 15) is 12.8 Å². The van der Waals surface area contributed by atoms with Crippen LogP contribution < -0.4 is 10.5 Å². The molecule has 0 unspecified atom stereocenters. The third-order valence-corrected chi connectivity index (χ3v) is 4.67. The molecule has 3 N–H and O–H groups in total. The van der Waals surface area contributed by atoms with Gasteiger partial charge in [0.25, 0.3) is 10.0 Å². The normalized spacial score (nSPS) is 11.7. The zero-order chi connectivity index (χ0) is 15.8. The zero-order valence-corrected chi connectivity index (χ0v) is 12.8. The Hall–Kier alpha value is -1.86. The summed E-state index contributed by atoms with van der Waals surface area (Å²) < 4.78 is 46.0. The van der Waals surface area contributed by atoms with Crippen molar-refractivity contribution in [2.24, 2.45) is 5.73 Å². The summed E-state index contributed by atoms with van der Waals surface area (Å²) in [4.78, 5) is 0.0180. The van der Waals surface area contributed by atoms with Gasteiger partial charge in [-0.3, -0.25) is 4.72 Å². The summed E-state index contributed by atoms with van der Waals surface area (Å²) in [6.07, 6.45) is 0. The van der Waals surface area contributed by atoms with Gasteiger partial charge in [0.05, 0.1) is 5.69 Å². The van der Waals surface area contributed by atoms with Gasteiger partial charge in [-0.05, 0) is 44.5 Å². The van der Waals surface area contributed by atoms with Crippen molar-refractivity contribution in [1.82, 2.24) is 0 Å². The van der Waals surface area contributed by atoms with E-state index in [0.717, 1.165) is 6.07 Å². The lowest BCUT2D eigenvalue weighted by molar-refractivity contribution is 0.494. The van der Waals surface area contributed by atoms with Crippen LogP contribution in [0.3, 0.4) is 0 Å². The Morgan fingerprint density at radius 1 is 1.19 bits per heavy atom. The Bertz CT molecular complexity index is 762. The van der Waals surface area contributed by atoms with Crippen molar-refractivity contribution in [2.75, 3.05) is 4.72 Å². The Labute approximate surface area is 123 Å². The van der Waals surface area contributed by atoms with E-state index in [2.05, 4.69) is 4.72 Å². The number of anilines is 1.